The summed E-state index contributed by atoms with van der Waals surface area (Å²) in [5.41, 5.74) is 4.69. The van der Waals surface area contributed by atoms with E-state index in [2.05, 4.69) is 42.3 Å². The van der Waals surface area contributed by atoms with Crippen molar-refractivity contribution in [1.29, 1.82) is 5.26 Å². The number of allylic oxidation sites excluding steroid dienone is 4. The lowest BCUT2D eigenvalue weighted by Crippen LogP contribution is -2.42. The summed E-state index contributed by atoms with van der Waals surface area (Å²) in [7, 11) is 0. The molecule has 2 aliphatic carbocycles. The van der Waals surface area contributed by atoms with Gasteiger partial charge in [-0.05, 0) is 79.6 Å². The third kappa shape index (κ3) is 3.69. The molecular formula is C28H25FN2O. The van der Waals surface area contributed by atoms with Crippen molar-refractivity contribution in [2.24, 2.45) is 5.92 Å². The maximum Gasteiger partial charge on any atom is 0.130 e. The van der Waals surface area contributed by atoms with Crippen LogP contribution >= 0.6 is 0 Å². The Morgan fingerprint density at radius 3 is 2.78 bits per heavy atom. The van der Waals surface area contributed by atoms with E-state index in [1.807, 2.05) is 24.3 Å². The van der Waals surface area contributed by atoms with Crippen LogP contribution in [0.15, 0.2) is 72.3 Å². The second kappa shape index (κ2) is 8.24. The predicted molar refractivity (Wildman–Crippen MR) is 124 cm³/mol. The van der Waals surface area contributed by atoms with Crippen LogP contribution in [0.2, 0.25) is 0 Å². The second-order valence-corrected chi connectivity index (χ2v) is 9.00. The lowest BCUT2D eigenvalue weighted by molar-refractivity contribution is 0.189. The fourth-order valence-electron chi connectivity index (χ4n) is 5.27. The van der Waals surface area contributed by atoms with Crippen molar-refractivity contribution in [3.05, 3.63) is 95.0 Å². The lowest BCUT2D eigenvalue weighted by Gasteiger charge is -2.50. The molecule has 0 spiro atoms. The first-order valence-corrected chi connectivity index (χ1v) is 11.2. The van der Waals surface area contributed by atoms with E-state index in [1.54, 1.807) is 6.07 Å². The Bertz CT molecular complexity index is 1280. The molecule has 3 aromatic rings. The fourth-order valence-corrected chi connectivity index (χ4v) is 5.27. The van der Waals surface area contributed by atoms with Gasteiger partial charge in [0.25, 0.3) is 0 Å². The SMILES string of the molecule is CC1CC(C2=CC=CCC2)(c2cc(OCc3ccc4cc(F)ccc4n3)ccc2C#N)C1. The molecule has 4 heteroatoms. The standard InChI is InChI=1S/C28H25FN2O/c1-19-15-28(16-19,22-5-3-2-4-6-22)26-14-25(11-8-21(26)17-30)32-18-24-10-7-20-13-23(29)9-12-27(20)31-24/h2-3,5,7-14,19H,4,6,15-16,18H2,1H3. The van der Waals surface area contributed by atoms with E-state index in [4.69, 9.17) is 4.74 Å². The summed E-state index contributed by atoms with van der Waals surface area (Å²) in [6.45, 7) is 2.59. The van der Waals surface area contributed by atoms with Gasteiger partial charge in [0, 0.05) is 10.8 Å². The van der Waals surface area contributed by atoms with E-state index < -0.39 is 0 Å². The number of rotatable bonds is 5. The molecule has 5 rings (SSSR count). The number of halogens is 1. The first-order chi connectivity index (χ1) is 15.6. The molecule has 2 aliphatic rings. The zero-order chi connectivity index (χ0) is 22.1. The third-order valence-corrected chi connectivity index (χ3v) is 6.75. The number of pyridine rings is 1. The van der Waals surface area contributed by atoms with Gasteiger partial charge < -0.3 is 4.74 Å². The van der Waals surface area contributed by atoms with E-state index in [0.717, 1.165) is 59.2 Å². The van der Waals surface area contributed by atoms with Crippen molar-refractivity contribution >= 4 is 10.9 Å². The van der Waals surface area contributed by atoms with Gasteiger partial charge in [-0.3, -0.25) is 0 Å². The van der Waals surface area contributed by atoms with Crippen LogP contribution in [-0.2, 0) is 12.0 Å². The van der Waals surface area contributed by atoms with Gasteiger partial charge in [0.05, 0.1) is 22.8 Å². The molecular weight excluding hydrogens is 399 g/mol. The predicted octanol–water partition coefficient (Wildman–Crippen LogP) is 6.77. The highest BCUT2D eigenvalue weighted by molar-refractivity contribution is 5.78. The second-order valence-electron chi connectivity index (χ2n) is 9.00. The Balaban J connectivity index is 1.43. The normalized spacial score (nSPS) is 22.2. The smallest absolute Gasteiger partial charge is 0.130 e. The molecule has 0 aliphatic heterocycles. The fraction of sp³-hybridized carbons (Fsp3) is 0.286. The number of ether oxygens (including phenoxy) is 1. The Hall–Kier alpha value is -3.45. The van der Waals surface area contributed by atoms with Crippen molar-refractivity contribution in [2.45, 2.75) is 44.6 Å². The van der Waals surface area contributed by atoms with Gasteiger partial charge in [0.15, 0.2) is 0 Å². The van der Waals surface area contributed by atoms with Crippen molar-refractivity contribution in [3.63, 3.8) is 0 Å². The highest BCUT2D eigenvalue weighted by Crippen LogP contribution is 2.55. The quantitative estimate of drug-likeness (QED) is 0.454. The average Bonchev–Trinajstić information content (AvgIpc) is 2.81. The van der Waals surface area contributed by atoms with Gasteiger partial charge in [-0.25, -0.2) is 9.37 Å². The minimum Gasteiger partial charge on any atom is -0.487 e. The number of benzene rings is 2. The van der Waals surface area contributed by atoms with Crippen LogP contribution in [0.4, 0.5) is 4.39 Å². The lowest BCUT2D eigenvalue weighted by atomic mass is 9.54. The Kier molecular flexibility index (Phi) is 5.27. The number of nitrogens with zero attached hydrogens (tertiary/aromatic N) is 2. The molecule has 160 valence electrons. The topological polar surface area (TPSA) is 45.9 Å². The van der Waals surface area contributed by atoms with Gasteiger partial charge in [-0.1, -0.05) is 36.8 Å². The zero-order valence-electron chi connectivity index (χ0n) is 18.1. The highest BCUT2D eigenvalue weighted by atomic mass is 19.1. The van der Waals surface area contributed by atoms with E-state index in [-0.39, 0.29) is 11.2 Å². The number of hydrogen-bond acceptors (Lipinski definition) is 3. The summed E-state index contributed by atoms with van der Waals surface area (Å²) in [6.07, 6.45) is 10.8. The summed E-state index contributed by atoms with van der Waals surface area (Å²) in [5, 5.41) is 10.6. The van der Waals surface area contributed by atoms with Gasteiger partial charge >= 0.3 is 0 Å². The Morgan fingerprint density at radius 2 is 2.03 bits per heavy atom. The number of fused-ring (bicyclic) bond motifs is 1. The molecule has 0 radical (unpaired) electrons. The molecule has 0 amide bonds. The molecule has 0 bridgehead atoms. The Labute approximate surface area is 187 Å². The van der Waals surface area contributed by atoms with Crippen LogP contribution < -0.4 is 4.74 Å². The largest absolute Gasteiger partial charge is 0.487 e. The molecule has 32 heavy (non-hydrogen) atoms. The summed E-state index contributed by atoms with van der Waals surface area (Å²) < 4.78 is 19.5. The molecule has 0 N–H and O–H groups in total. The molecule has 2 aromatic carbocycles. The van der Waals surface area contributed by atoms with Crippen molar-refractivity contribution in [3.8, 4) is 11.8 Å². The van der Waals surface area contributed by atoms with E-state index in [1.165, 1.54) is 17.7 Å². The minimum atomic E-state index is -0.267. The van der Waals surface area contributed by atoms with Crippen LogP contribution in [0.25, 0.3) is 10.9 Å². The minimum absolute atomic E-state index is 0.0696. The molecule has 1 fully saturated rings. The van der Waals surface area contributed by atoms with Gasteiger partial charge in [-0.2, -0.15) is 5.26 Å². The van der Waals surface area contributed by atoms with Gasteiger partial charge in [-0.15, -0.1) is 0 Å². The third-order valence-electron chi connectivity index (χ3n) is 6.75. The first-order valence-electron chi connectivity index (χ1n) is 11.2. The molecule has 3 nitrogen and oxygen atoms in total. The van der Waals surface area contributed by atoms with Crippen LogP contribution in [0.3, 0.4) is 0 Å². The summed E-state index contributed by atoms with van der Waals surface area (Å²) >= 11 is 0. The van der Waals surface area contributed by atoms with Crippen molar-refractivity contribution in [2.75, 3.05) is 0 Å². The zero-order valence-corrected chi connectivity index (χ0v) is 18.1. The maximum absolute atomic E-state index is 13.4. The first kappa shape index (κ1) is 20.5. The monoisotopic (exact) mass is 424 g/mol. The van der Waals surface area contributed by atoms with Crippen molar-refractivity contribution in [1.82, 2.24) is 4.98 Å². The van der Waals surface area contributed by atoms with E-state index in [0.29, 0.717) is 12.5 Å². The maximum atomic E-state index is 13.4. The van der Waals surface area contributed by atoms with Crippen LogP contribution in [0, 0.1) is 23.1 Å². The van der Waals surface area contributed by atoms with E-state index in [9.17, 15) is 9.65 Å². The number of aromatic nitrogens is 1. The average molecular weight is 425 g/mol. The molecule has 1 aromatic heterocycles. The number of nitriles is 1. The molecule has 1 saturated carbocycles. The molecule has 0 saturated heterocycles. The molecule has 0 unspecified atom stereocenters. The van der Waals surface area contributed by atoms with Crippen molar-refractivity contribution < 1.29 is 9.13 Å². The molecule has 0 atom stereocenters. The Morgan fingerprint density at radius 1 is 1.16 bits per heavy atom. The van der Waals surface area contributed by atoms with Gasteiger partial charge in [0.1, 0.15) is 18.2 Å². The summed E-state index contributed by atoms with van der Waals surface area (Å²) in [4.78, 5) is 4.59. The highest BCUT2D eigenvalue weighted by Gasteiger charge is 2.47. The number of hydrogen-bond donors (Lipinski definition) is 0. The molecule has 1 heterocycles. The summed E-state index contributed by atoms with van der Waals surface area (Å²) in [6, 6.07) is 16.5. The van der Waals surface area contributed by atoms with Crippen LogP contribution in [0.1, 0.15) is 49.4 Å². The van der Waals surface area contributed by atoms with E-state index >= 15 is 0 Å². The van der Waals surface area contributed by atoms with Crippen LogP contribution in [-0.4, -0.2) is 4.98 Å². The van der Waals surface area contributed by atoms with Gasteiger partial charge in [0.2, 0.25) is 0 Å². The van der Waals surface area contributed by atoms with Crippen LogP contribution in [0.5, 0.6) is 5.75 Å². The summed E-state index contributed by atoms with van der Waals surface area (Å²) in [5.74, 6) is 1.12.